The molecule has 0 bridgehead atoms. The first-order valence-electron chi connectivity index (χ1n) is 7.00. The average Bonchev–Trinajstić information content (AvgIpc) is 2.50. The maximum atomic E-state index is 10.9. The summed E-state index contributed by atoms with van der Waals surface area (Å²) in [7, 11) is 0. The molecule has 3 rings (SSSR count). The highest BCUT2D eigenvalue weighted by Crippen LogP contribution is 2.33. The topological polar surface area (TPSA) is 20.2 Å². The highest BCUT2D eigenvalue weighted by molar-refractivity contribution is 9.10. The van der Waals surface area contributed by atoms with E-state index in [1.807, 2.05) is 43.3 Å². The molecule has 1 nitrogen and oxygen atoms in total. The Morgan fingerprint density at radius 3 is 2.24 bits per heavy atom. The third-order valence-corrected chi connectivity index (χ3v) is 4.50. The molecule has 3 aromatic rings. The van der Waals surface area contributed by atoms with Crippen LogP contribution in [0.4, 0.5) is 0 Å². The minimum Gasteiger partial charge on any atom is -0.384 e. The third-order valence-electron chi connectivity index (χ3n) is 4.01. The lowest BCUT2D eigenvalue weighted by Crippen LogP contribution is -2.03. The third kappa shape index (κ3) is 2.61. The molecule has 21 heavy (non-hydrogen) atoms. The minimum absolute atomic E-state index is 0.618. The van der Waals surface area contributed by atoms with Gasteiger partial charge in [-0.3, -0.25) is 0 Å². The SMILES string of the molecule is Cc1ccc(Br)cc1C(O)c1ccc(C)c2ccccc12. The molecular weight excluding hydrogens is 324 g/mol. The van der Waals surface area contributed by atoms with Gasteiger partial charge in [0.1, 0.15) is 6.10 Å². The Morgan fingerprint density at radius 2 is 1.48 bits per heavy atom. The van der Waals surface area contributed by atoms with E-state index in [2.05, 4.69) is 41.1 Å². The minimum atomic E-state index is -0.618. The van der Waals surface area contributed by atoms with Crippen LogP contribution in [0.5, 0.6) is 0 Å². The zero-order valence-corrected chi connectivity index (χ0v) is 13.7. The molecular formula is C19H17BrO. The van der Waals surface area contributed by atoms with E-state index in [1.165, 1.54) is 10.9 Å². The van der Waals surface area contributed by atoms with Gasteiger partial charge in [0, 0.05) is 4.47 Å². The first kappa shape index (κ1) is 14.3. The van der Waals surface area contributed by atoms with Crippen LogP contribution < -0.4 is 0 Å². The van der Waals surface area contributed by atoms with E-state index in [0.29, 0.717) is 0 Å². The Labute approximate surface area is 133 Å². The molecule has 0 fully saturated rings. The molecule has 0 aliphatic heterocycles. The quantitative estimate of drug-likeness (QED) is 0.670. The predicted molar refractivity (Wildman–Crippen MR) is 91.6 cm³/mol. The van der Waals surface area contributed by atoms with Crippen LogP contribution in [-0.2, 0) is 0 Å². The monoisotopic (exact) mass is 340 g/mol. The fraction of sp³-hybridized carbons (Fsp3) is 0.158. The zero-order valence-electron chi connectivity index (χ0n) is 12.1. The van der Waals surface area contributed by atoms with Crippen molar-refractivity contribution in [2.24, 2.45) is 0 Å². The number of fused-ring (bicyclic) bond motifs is 1. The van der Waals surface area contributed by atoms with Crippen LogP contribution in [0, 0.1) is 13.8 Å². The van der Waals surface area contributed by atoms with Gasteiger partial charge in [-0.15, -0.1) is 0 Å². The second kappa shape index (κ2) is 5.63. The summed E-state index contributed by atoms with van der Waals surface area (Å²) in [6.45, 7) is 4.13. The standard InChI is InChI=1S/C19H17BrO/c1-12-8-10-17(16-6-4-3-5-15(12)16)19(21)18-11-14(20)9-7-13(18)2/h3-11,19,21H,1-2H3. The van der Waals surface area contributed by atoms with E-state index in [1.54, 1.807) is 0 Å². The van der Waals surface area contributed by atoms with Gasteiger partial charge < -0.3 is 5.11 Å². The van der Waals surface area contributed by atoms with E-state index in [9.17, 15) is 5.11 Å². The molecule has 0 spiro atoms. The largest absolute Gasteiger partial charge is 0.384 e. The van der Waals surface area contributed by atoms with E-state index in [0.717, 1.165) is 26.5 Å². The Bertz CT molecular complexity index is 808. The molecule has 106 valence electrons. The van der Waals surface area contributed by atoms with Crippen LogP contribution in [0.15, 0.2) is 59.1 Å². The molecule has 3 aromatic carbocycles. The van der Waals surface area contributed by atoms with Crippen LogP contribution in [0.2, 0.25) is 0 Å². The summed E-state index contributed by atoms with van der Waals surface area (Å²) in [6.07, 6.45) is -0.618. The van der Waals surface area contributed by atoms with Gasteiger partial charge in [0.15, 0.2) is 0 Å². The molecule has 0 heterocycles. The summed E-state index contributed by atoms with van der Waals surface area (Å²) < 4.78 is 0.985. The van der Waals surface area contributed by atoms with Crippen molar-refractivity contribution >= 4 is 26.7 Å². The molecule has 0 saturated carbocycles. The molecule has 0 aromatic heterocycles. The lowest BCUT2D eigenvalue weighted by Gasteiger charge is -2.17. The maximum Gasteiger partial charge on any atom is 0.105 e. The lowest BCUT2D eigenvalue weighted by atomic mass is 9.92. The lowest BCUT2D eigenvalue weighted by molar-refractivity contribution is 0.221. The summed E-state index contributed by atoms with van der Waals surface area (Å²) in [5.41, 5.74) is 4.22. The average molecular weight is 341 g/mol. The van der Waals surface area contributed by atoms with Gasteiger partial charge in [-0.25, -0.2) is 0 Å². The fourth-order valence-corrected chi connectivity index (χ4v) is 3.16. The van der Waals surface area contributed by atoms with Gasteiger partial charge in [-0.05, 0) is 59.0 Å². The summed E-state index contributed by atoms with van der Waals surface area (Å²) in [6, 6.07) is 18.4. The summed E-state index contributed by atoms with van der Waals surface area (Å²) >= 11 is 3.49. The summed E-state index contributed by atoms with van der Waals surface area (Å²) in [5, 5.41) is 13.2. The van der Waals surface area contributed by atoms with Gasteiger partial charge in [-0.1, -0.05) is 58.4 Å². The molecule has 0 aliphatic rings. The van der Waals surface area contributed by atoms with Crippen molar-refractivity contribution in [3.05, 3.63) is 81.3 Å². The summed E-state index contributed by atoms with van der Waals surface area (Å²) in [4.78, 5) is 0. The van der Waals surface area contributed by atoms with Gasteiger partial charge in [0.25, 0.3) is 0 Å². The number of benzene rings is 3. The van der Waals surface area contributed by atoms with Crippen LogP contribution in [-0.4, -0.2) is 5.11 Å². The van der Waals surface area contributed by atoms with Crippen molar-refractivity contribution in [2.75, 3.05) is 0 Å². The number of hydrogen-bond donors (Lipinski definition) is 1. The van der Waals surface area contributed by atoms with E-state index < -0.39 is 6.10 Å². The normalized spacial score (nSPS) is 12.6. The number of hydrogen-bond acceptors (Lipinski definition) is 1. The Kier molecular flexibility index (Phi) is 3.83. The first-order valence-corrected chi connectivity index (χ1v) is 7.79. The highest BCUT2D eigenvalue weighted by atomic mass is 79.9. The van der Waals surface area contributed by atoms with Gasteiger partial charge >= 0.3 is 0 Å². The van der Waals surface area contributed by atoms with E-state index in [4.69, 9.17) is 0 Å². The zero-order chi connectivity index (χ0) is 15.0. The van der Waals surface area contributed by atoms with Crippen molar-refractivity contribution in [1.29, 1.82) is 0 Å². The maximum absolute atomic E-state index is 10.9. The number of aliphatic hydroxyl groups excluding tert-OH is 1. The summed E-state index contributed by atoms with van der Waals surface area (Å²) in [5.74, 6) is 0. The number of rotatable bonds is 2. The molecule has 1 N–H and O–H groups in total. The first-order chi connectivity index (χ1) is 10.1. The second-order valence-corrected chi connectivity index (χ2v) is 6.34. The van der Waals surface area contributed by atoms with Crippen molar-refractivity contribution in [2.45, 2.75) is 20.0 Å². The Balaban J connectivity index is 2.20. The molecule has 1 unspecified atom stereocenters. The molecule has 1 atom stereocenters. The Morgan fingerprint density at radius 1 is 0.810 bits per heavy atom. The molecule has 0 amide bonds. The van der Waals surface area contributed by atoms with E-state index in [-0.39, 0.29) is 0 Å². The van der Waals surface area contributed by atoms with Crippen molar-refractivity contribution in [3.8, 4) is 0 Å². The van der Waals surface area contributed by atoms with Crippen molar-refractivity contribution in [1.82, 2.24) is 0 Å². The van der Waals surface area contributed by atoms with Crippen LogP contribution in [0.25, 0.3) is 10.8 Å². The van der Waals surface area contributed by atoms with Gasteiger partial charge in [0.05, 0.1) is 0 Å². The smallest absolute Gasteiger partial charge is 0.105 e. The fourth-order valence-electron chi connectivity index (χ4n) is 2.78. The molecule has 2 heteroatoms. The van der Waals surface area contributed by atoms with Crippen LogP contribution in [0.1, 0.15) is 28.4 Å². The molecule has 0 aliphatic carbocycles. The Hall–Kier alpha value is -1.64. The molecule has 0 radical (unpaired) electrons. The predicted octanol–water partition coefficient (Wildman–Crippen LogP) is 5.30. The second-order valence-electron chi connectivity index (χ2n) is 5.42. The molecule has 0 saturated heterocycles. The number of aryl methyl sites for hydroxylation is 2. The number of halogens is 1. The van der Waals surface area contributed by atoms with Gasteiger partial charge in [-0.2, -0.15) is 0 Å². The highest BCUT2D eigenvalue weighted by Gasteiger charge is 2.16. The van der Waals surface area contributed by atoms with Crippen LogP contribution >= 0.6 is 15.9 Å². The van der Waals surface area contributed by atoms with Gasteiger partial charge in [0.2, 0.25) is 0 Å². The van der Waals surface area contributed by atoms with E-state index >= 15 is 0 Å². The van der Waals surface area contributed by atoms with Crippen molar-refractivity contribution in [3.63, 3.8) is 0 Å². The van der Waals surface area contributed by atoms with Crippen LogP contribution in [0.3, 0.4) is 0 Å². The number of aliphatic hydroxyl groups is 1. The van der Waals surface area contributed by atoms with Crippen molar-refractivity contribution < 1.29 is 5.11 Å².